The summed E-state index contributed by atoms with van der Waals surface area (Å²) in [4.78, 5) is 23.3. The van der Waals surface area contributed by atoms with E-state index in [-0.39, 0.29) is 0 Å². The second-order valence-corrected chi connectivity index (χ2v) is 5.70. The normalized spacial score (nSPS) is 12.8. The highest BCUT2D eigenvalue weighted by molar-refractivity contribution is 6.01. The summed E-state index contributed by atoms with van der Waals surface area (Å²) in [5.74, 6) is -1.53. The van der Waals surface area contributed by atoms with Crippen molar-refractivity contribution in [3.8, 4) is 0 Å². The molecule has 0 fully saturated rings. The fourth-order valence-corrected chi connectivity index (χ4v) is 1.72. The zero-order valence-corrected chi connectivity index (χ0v) is 11.7. The Labute approximate surface area is 112 Å². The van der Waals surface area contributed by atoms with Crippen LogP contribution in [0.25, 0.3) is 0 Å². The van der Waals surface area contributed by atoms with Gasteiger partial charge in [-0.25, -0.2) is 4.79 Å². The van der Waals surface area contributed by atoms with Crippen molar-refractivity contribution in [3.63, 3.8) is 0 Å². The van der Waals surface area contributed by atoms with Crippen molar-refractivity contribution in [1.82, 2.24) is 5.32 Å². The molecule has 1 amide bonds. The molecule has 0 radical (unpaired) electrons. The van der Waals surface area contributed by atoms with E-state index in [0.717, 1.165) is 5.56 Å². The Kier molecular flexibility index (Phi) is 4.19. The van der Waals surface area contributed by atoms with Gasteiger partial charge in [0.2, 0.25) is 0 Å². The number of hydrogen-bond acceptors (Lipinski definition) is 3. The zero-order valence-electron chi connectivity index (χ0n) is 11.7. The maximum absolute atomic E-state index is 12.1. The Hall–Kier alpha value is -2.04. The third-order valence-corrected chi connectivity index (χ3v) is 2.84. The Balaban J connectivity index is 3.01. The monoisotopic (exact) mass is 264 g/mol. The van der Waals surface area contributed by atoms with Crippen LogP contribution in [0, 0.1) is 12.3 Å². The molecule has 5 heteroatoms. The van der Waals surface area contributed by atoms with Gasteiger partial charge in [0.05, 0.1) is 5.56 Å². The molecule has 1 aromatic carbocycles. The molecule has 0 aliphatic heterocycles. The average molecular weight is 264 g/mol. The Morgan fingerprint density at radius 1 is 1.32 bits per heavy atom. The van der Waals surface area contributed by atoms with Crippen molar-refractivity contribution in [1.29, 1.82) is 0 Å². The lowest BCUT2D eigenvalue weighted by Crippen LogP contribution is -2.49. The number of carboxylic acids is 1. The average Bonchev–Trinajstić information content (AvgIpc) is 2.26. The maximum Gasteiger partial charge on any atom is 0.326 e. The molecule has 5 nitrogen and oxygen atoms in total. The minimum absolute atomic E-state index is 0.301. The maximum atomic E-state index is 12.1. The van der Waals surface area contributed by atoms with Crippen LogP contribution in [0.15, 0.2) is 18.2 Å². The number of aliphatic carboxylic acids is 1. The van der Waals surface area contributed by atoms with Crippen LogP contribution in [0.3, 0.4) is 0 Å². The first-order valence-corrected chi connectivity index (χ1v) is 6.02. The molecule has 0 saturated heterocycles. The highest BCUT2D eigenvalue weighted by Crippen LogP contribution is 2.21. The molecule has 0 unspecified atom stereocenters. The van der Waals surface area contributed by atoms with Crippen molar-refractivity contribution in [2.45, 2.75) is 33.7 Å². The molecule has 1 aromatic rings. The topological polar surface area (TPSA) is 92.4 Å². The number of aryl methyl sites for hydroxylation is 1. The van der Waals surface area contributed by atoms with Crippen LogP contribution in [-0.2, 0) is 4.79 Å². The first-order valence-electron chi connectivity index (χ1n) is 6.02. The number of nitrogens with two attached hydrogens (primary N) is 1. The first-order chi connectivity index (χ1) is 8.62. The molecule has 0 saturated carbocycles. The number of carbonyl (C=O) groups is 2. The molecule has 0 heterocycles. The van der Waals surface area contributed by atoms with E-state index in [0.29, 0.717) is 11.3 Å². The van der Waals surface area contributed by atoms with Crippen LogP contribution in [0.1, 0.15) is 36.7 Å². The van der Waals surface area contributed by atoms with E-state index in [1.807, 2.05) is 6.92 Å². The van der Waals surface area contributed by atoms with E-state index in [1.165, 1.54) is 0 Å². The van der Waals surface area contributed by atoms with Crippen molar-refractivity contribution in [2.75, 3.05) is 5.73 Å². The molecule has 0 aromatic heterocycles. The van der Waals surface area contributed by atoms with E-state index >= 15 is 0 Å². The summed E-state index contributed by atoms with van der Waals surface area (Å²) >= 11 is 0. The lowest BCUT2D eigenvalue weighted by Gasteiger charge is -2.28. The number of carboxylic acid groups (broad SMARTS) is 1. The number of hydrogen-bond donors (Lipinski definition) is 3. The first kappa shape index (κ1) is 15.0. The van der Waals surface area contributed by atoms with Crippen LogP contribution < -0.4 is 11.1 Å². The molecule has 4 N–H and O–H groups in total. The molecule has 19 heavy (non-hydrogen) atoms. The number of rotatable bonds is 3. The summed E-state index contributed by atoms with van der Waals surface area (Å²) in [5.41, 5.74) is 6.69. The molecule has 1 atom stereocenters. The van der Waals surface area contributed by atoms with Crippen LogP contribution in [0.2, 0.25) is 0 Å². The van der Waals surface area contributed by atoms with Gasteiger partial charge in [-0.2, -0.15) is 0 Å². The van der Waals surface area contributed by atoms with Gasteiger partial charge in [0.15, 0.2) is 0 Å². The standard InChI is InChI=1S/C14H20N2O3/c1-8-5-6-10(15)9(7-8)12(17)16-11(13(18)19)14(2,3)4/h5-7,11H,15H2,1-4H3,(H,16,17)(H,18,19)/t11-/m1/s1. The van der Waals surface area contributed by atoms with E-state index in [4.69, 9.17) is 5.73 Å². The van der Waals surface area contributed by atoms with Crippen LogP contribution >= 0.6 is 0 Å². The molecule has 0 aliphatic rings. The lowest BCUT2D eigenvalue weighted by atomic mass is 9.86. The summed E-state index contributed by atoms with van der Waals surface area (Å²) in [6.45, 7) is 7.11. The quantitative estimate of drug-likeness (QED) is 0.726. The van der Waals surface area contributed by atoms with Gasteiger partial charge in [-0.05, 0) is 24.5 Å². The highest BCUT2D eigenvalue weighted by Gasteiger charge is 2.33. The third kappa shape index (κ3) is 3.71. The molecular weight excluding hydrogens is 244 g/mol. The number of benzene rings is 1. The van der Waals surface area contributed by atoms with Crippen molar-refractivity contribution in [2.24, 2.45) is 5.41 Å². The van der Waals surface area contributed by atoms with Crippen molar-refractivity contribution < 1.29 is 14.7 Å². The number of nitrogens with one attached hydrogen (secondary N) is 1. The van der Waals surface area contributed by atoms with Gasteiger partial charge in [-0.1, -0.05) is 32.4 Å². The van der Waals surface area contributed by atoms with E-state index < -0.39 is 23.3 Å². The summed E-state index contributed by atoms with van der Waals surface area (Å²) < 4.78 is 0. The fourth-order valence-electron chi connectivity index (χ4n) is 1.72. The van der Waals surface area contributed by atoms with Gasteiger partial charge < -0.3 is 16.2 Å². The number of anilines is 1. The summed E-state index contributed by atoms with van der Waals surface area (Å²) in [6.07, 6.45) is 0. The van der Waals surface area contributed by atoms with Gasteiger partial charge in [0.1, 0.15) is 6.04 Å². The molecule has 0 bridgehead atoms. The molecule has 0 spiro atoms. The minimum Gasteiger partial charge on any atom is -0.480 e. The largest absolute Gasteiger partial charge is 0.480 e. The van der Waals surface area contributed by atoms with Crippen LogP contribution in [0.4, 0.5) is 5.69 Å². The van der Waals surface area contributed by atoms with Crippen LogP contribution in [-0.4, -0.2) is 23.0 Å². The summed E-state index contributed by atoms with van der Waals surface area (Å²) in [6, 6.07) is 4.10. The Bertz CT molecular complexity index is 504. The number of nitrogen functional groups attached to an aromatic ring is 1. The van der Waals surface area contributed by atoms with E-state index in [1.54, 1.807) is 39.0 Å². The van der Waals surface area contributed by atoms with Crippen LogP contribution in [0.5, 0.6) is 0 Å². The second-order valence-electron chi connectivity index (χ2n) is 5.70. The molecule has 1 rings (SSSR count). The van der Waals surface area contributed by atoms with Gasteiger partial charge in [0, 0.05) is 5.69 Å². The smallest absolute Gasteiger partial charge is 0.326 e. The minimum atomic E-state index is -1.06. The number of carbonyl (C=O) groups excluding carboxylic acids is 1. The van der Waals surface area contributed by atoms with Gasteiger partial charge in [-0.3, -0.25) is 4.79 Å². The predicted molar refractivity (Wildman–Crippen MR) is 73.9 cm³/mol. The van der Waals surface area contributed by atoms with Crippen molar-refractivity contribution >= 4 is 17.6 Å². The fraction of sp³-hybridized carbons (Fsp3) is 0.429. The SMILES string of the molecule is Cc1ccc(N)c(C(=O)N[C@H](C(=O)O)C(C)(C)C)c1. The number of amides is 1. The third-order valence-electron chi connectivity index (χ3n) is 2.84. The summed E-state index contributed by atoms with van der Waals surface area (Å²) in [5, 5.41) is 11.7. The molecular formula is C14H20N2O3. The van der Waals surface area contributed by atoms with E-state index in [2.05, 4.69) is 5.32 Å². The molecule has 0 aliphatic carbocycles. The lowest BCUT2D eigenvalue weighted by molar-refractivity contribution is -0.142. The zero-order chi connectivity index (χ0) is 14.8. The van der Waals surface area contributed by atoms with Crippen molar-refractivity contribution in [3.05, 3.63) is 29.3 Å². The van der Waals surface area contributed by atoms with Gasteiger partial charge >= 0.3 is 5.97 Å². The van der Waals surface area contributed by atoms with Gasteiger partial charge in [0.25, 0.3) is 5.91 Å². The predicted octanol–water partition coefficient (Wildman–Crippen LogP) is 1.81. The van der Waals surface area contributed by atoms with E-state index in [9.17, 15) is 14.7 Å². The molecule has 104 valence electrons. The Morgan fingerprint density at radius 3 is 2.37 bits per heavy atom. The van der Waals surface area contributed by atoms with Gasteiger partial charge in [-0.15, -0.1) is 0 Å². The summed E-state index contributed by atoms with van der Waals surface area (Å²) in [7, 11) is 0. The Morgan fingerprint density at radius 2 is 1.89 bits per heavy atom. The highest BCUT2D eigenvalue weighted by atomic mass is 16.4. The second kappa shape index (κ2) is 5.30.